The first-order valence-electron chi connectivity index (χ1n) is 3.20. The maximum Gasteiger partial charge on any atom is 0.143 e. The van der Waals surface area contributed by atoms with Crippen molar-refractivity contribution in [1.29, 1.82) is 0 Å². The zero-order valence-corrected chi connectivity index (χ0v) is 8.93. The topological polar surface area (TPSA) is 0 Å². The van der Waals surface area contributed by atoms with Crippen molar-refractivity contribution >= 4 is 49.0 Å². The minimum absolute atomic E-state index is 0.168. The van der Waals surface area contributed by atoms with Gasteiger partial charge in [-0.2, -0.15) is 0 Å². The summed E-state index contributed by atoms with van der Waals surface area (Å²) >= 11 is 10.5. The van der Waals surface area contributed by atoms with Gasteiger partial charge in [-0.15, -0.1) is 11.3 Å². The first-order valence-corrected chi connectivity index (χ1v) is 5.25. The fraction of sp³-hybridized carbons (Fsp3) is 0. The van der Waals surface area contributed by atoms with Crippen LogP contribution in [0.1, 0.15) is 0 Å². The number of benzene rings is 1. The number of fused-ring (bicyclic) bond motifs is 1. The van der Waals surface area contributed by atoms with E-state index < -0.39 is 0 Å². The lowest BCUT2D eigenvalue weighted by atomic mass is 10.2. The van der Waals surface area contributed by atoms with Crippen molar-refractivity contribution < 1.29 is 4.39 Å². The highest BCUT2D eigenvalue weighted by Gasteiger charge is 2.06. The molecule has 0 saturated heterocycles. The summed E-state index contributed by atoms with van der Waals surface area (Å²) in [5.41, 5.74) is 0. The predicted molar refractivity (Wildman–Crippen MR) is 54.5 cm³/mol. The quantitative estimate of drug-likeness (QED) is 0.660. The van der Waals surface area contributed by atoms with E-state index in [-0.39, 0.29) is 10.8 Å². The van der Waals surface area contributed by atoms with Crippen molar-refractivity contribution in [2.24, 2.45) is 0 Å². The van der Waals surface area contributed by atoms with Crippen LogP contribution >= 0.6 is 38.9 Å². The van der Waals surface area contributed by atoms with Gasteiger partial charge in [0.05, 0.1) is 5.02 Å². The van der Waals surface area contributed by atoms with Crippen LogP contribution in [0.15, 0.2) is 22.0 Å². The Labute approximate surface area is 86.1 Å². The van der Waals surface area contributed by atoms with Gasteiger partial charge < -0.3 is 0 Å². The predicted octanol–water partition coefficient (Wildman–Crippen LogP) is 4.46. The van der Waals surface area contributed by atoms with E-state index in [1.165, 1.54) is 17.4 Å². The van der Waals surface area contributed by atoms with Crippen molar-refractivity contribution in [3.63, 3.8) is 0 Å². The van der Waals surface area contributed by atoms with E-state index in [0.717, 1.165) is 14.6 Å². The molecule has 4 heteroatoms. The zero-order chi connectivity index (χ0) is 8.72. The molecular weight excluding hydrogens is 263 g/mol. The second kappa shape index (κ2) is 2.98. The Morgan fingerprint density at radius 1 is 1.42 bits per heavy atom. The summed E-state index contributed by atoms with van der Waals surface area (Å²) < 4.78 is 14.8. The van der Waals surface area contributed by atoms with Crippen molar-refractivity contribution in [3.8, 4) is 0 Å². The summed E-state index contributed by atoms with van der Waals surface area (Å²) in [5.74, 6) is -0.362. The molecule has 1 heterocycles. The molecule has 62 valence electrons. The molecule has 0 aliphatic heterocycles. The maximum atomic E-state index is 12.9. The Hall–Kier alpha value is -0.120. The molecule has 0 unspecified atom stereocenters. The smallest absolute Gasteiger partial charge is 0.143 e. The Balaban J connectivity index is 2.87. The lowest BCUT2D eigenvalue weighted by Crippen LogP contribution is -1.74. The van der Waals surface area contributed by atoms with Crippen molar-refractivity contribution in [1.82, 2.24) is 0 Å². The molecule has 0 atom stereocenters. The van der Waals surface area contributed by atoms with E-state index in [1.54, 1.807) is 6.07 Å². The minimum atomic E-state index is -0.362. The van der Waals surface area contributed by atoms with E-state index in [1.807, 2.05) is 5.38 Å². The van der Waals surface area contributed by atoms with Crippen LogP contribution in [0.25, 0.3) is 10.1 Å². The summed E-state index contributed by atoms with van der Waals surface area (Å²) in [7, 11) is 0. The molecule has 0 amide bonds. The van der Waals surface area contributed by atoms with Gasteiger partial charge in [-0.05, 0) is 28.1 Å². The molecule has 0 fully saturated rings. The summed E-state index contributed by atoms with van der Waals surface area (Å²) in [6.07, 6.45) is 0. The van der Waals surface area contributed by atoms with E-state index in [2.05, 4.69) is 15.9 Å². The summed E-state index contributed by atoms with van der Waals surface area (Å²) in [5, 5.41) is 3.05. The lowest BCUT2D eigenvalue weighted by molar-refractivity contribution is 0.630. The monoisotopic (exact) mass is 264 g/mol. The van der Waals surface area contributed by atoms with Crippen LogP contribution in [0.5, 0.6) is 0 Å². The standard InChI is InChI=1S/C8H3BrClFS/c9-5-3-12-8-2-7(11)6(10)1-4(5)8/h1-3H. The number of rotatable bonds is 0. The highest BCUT2D eigenvalue weighted by Crippen LogP contribution is 2.33. The average Bonchev–Trinajstić information content (AvgIpc) is 2.35. The molecule has 0 aliphatic carbocycles. The molecule has 12 heavy (non-hydrogen) atoms. The Morgan fingerprint density at radius 2 is 2.17 bits per heavy atom. The van der Waals surface area contributed by atoms with Gasteiger partial charge in [0.15, 0.2) is 0 Å². The van der Waals surface area contributed by atoms with E-state index in [9.17, 15) is 4.39 Å². The SMILES string of the molecule is Fc1cc2scc(Br)c2cc1Cl. The van der Waals surface area contributed by atoms with E-state index in [4.69, 9.17) is 11.6 Å². The average molecular weight is 266 g/mol. The number of thiophene rings is 1. The molecule has 0 saturated carbocycles. The lowest BCUT2D eigenvalue weighted by Gasteiger charge is -1.94. The maximum absolute atomic E-state index is 12.9. The molecule has 2 aromatic rings. The third-order valence-electron chi connectivity index (χ3n) is 1.57. The molecule has 0 N–H and O–H groups in total. The molecule has 0 spiro atoms. The normalized spacial score (nSPS) is 10.9. The van der Waals surface area contributed by atoms with Gasteiger partial charge in [-0.3, -0.25) is 0 Å². The first kappa shape index (κ1) is 8.48. The minimum Gasteiger partial charge on any atom is -0.205 e. The van der Waals surface area contributed by atoms with Crippen LogP contribution in [0.4, 0.5) is 4.39 Å². The van der Waals surface area contributed by atoms with Gasteiger partial charge in [-0.1, -0.05) is 11.6 Å². The Kier molecular flexibility index (Phi) is 2.10. The van der Waals surface area contributed by atoms with Gasteiger partial charge in [0, 0.05) is 19.9 Å². The fourth-order valence-electron chi connectivity index (χ4n) is 0.991. The highest BCUT2D eigenvalue weighted by molar-refractivity contribution is 9.10. The molecule has 0 radical (unpaired) electrons. The van der Waals surface area contributed by atoms with Crippen LogP contribution in [0.3, 0.4) is 0 Å². The molecule has 2 rings (SSSR count). The van der Waals surface area contributed by atoms with Gasteiger partial charge in [0.2, 0.25) is 0 Å². The third-order valence-corrected chi connectivity index (χ3v) is 3.76. The van der Waals surface area contributed by atoms with Crippen molar-refractivity contribution in [2.45, 2.75) is 0 Å². The molecule has 0 bridgehead atoms. The Morgan fingerprint density at radius 3 is 2.92 bits per heavy atom. The highest BCUT2D eigenvalue weighted by atomic mass is 79.9. The van der Waals surface area contributed by atoms with Gasteiger partial charge in [0.1, 0.15) is 5.82 Å². The second-order valence-corrected chi connectivity index (χ2v) is 4.52. The summed E-state index contributed by atoms with van der Waals surface area (Å²) in [6.45, 7) is 0. The van der Waals surface area contributed by atoms with Gasteiger partial charge >= 0.3 is 0 Å². The summed E-state index contributed by atoms with van der Waals surface area (Å²) in [4.78, 5) is 0. The molecule has 1 aromatic carbocycles. The van der Waals surface area contributed by atoms with Crippen LogP contribution in [-0.4, -0.2) is 0 Å². The van der Waals surface area contributed by atoms with Crippen molar-refractivity contribution in [3.05, 3.63) is 32.8 Å². The second-order valence-electron chi connectivity index (χ2n) is 2.35. The summed E-state index contributed by atoms with van der Waals surface area (Å²) in [6, 6.07) is 3.08. The number of hydrogen-bond donors (Lipinski definition) is 0. The van der Waals surface area contributed by atoms with Gasteiger partial charge in [-0.25, -0.2) is 4.39 Å². The first-order chi connectivity index (χ1) is 5.68. The molecule has 0 nitrogen and oxygen atoms in total. The van der Waals surface area contributed by atoms with E-state index >= 15 is 0 Å². The molecule has 1 aromatic heterocycles. The number of hydrogen-bond acceptors (Lipinski definition) is 1. The van der Waals surface area contributed by atoms with Crippen molar-refractivity contribution in [2.75, 3.05) is 0 Å². The van der Waals surface area contributed by atoms with Crippen LogP contribution < -0.4 is 0 Å². The Bertz CT molecular complexity index is 438. The molecule has 0 aliphatic rings. The largest absolute Gasteiger partial charge is 0.205 e. The van der Waals surface area contributed by atoms with Gasteiger partial charge in [0.25, 0.3) is 0 Å². The zero-order valence-electron chi connectivity index (χ0n) is 5.77. The third kappa shape index (κ3) is 1.26. The fourth-order valence-corrected chi connectivity index (χ4v) is 2.72. The van der Waals surface area contributed by atoms with Crippen LogP contribution in [0, 0.1) is 5.82 Å². The van der Waals surface area contributed by atoms with E-state index in [0.29, 0.717) is 0 Å². The molecular formula is C8H3BrClFS. The number of halogens is 3. The van der Waals surface area contributed by atoms with Crippen LogP contribution in [0.2, 0.25) is 5.02 Å². The van der Waals surface area contributed by atoms with Crippen LogP contribution in [-0.2, 0) is 0 Å².